The largest absolute Gasteiger partial charge is 0.465 e. The van der Waals surface area contributed by atoms with Gasteiger partial charge in [0.1, 0.15) is 9.77 Å². The molecule has 28 heavy (non-hydrogen) atoms. The third-order valence-corrected chi connectivity index (χ3v) is 6.84. The van der Waals surface area contributed by atoms with Crippen LogP contribution in [0.4, 0.5) is 5.69 Å². The van der Waals surface area contributed by atoms with Gasteiger partial charge in [-0.2, -0.15) is 0 Å². The molecule has 0 saturated heterocycles. The van der Waals surface area contributed by atoms with Gasteiger partial charge in [-0.25, -0.2) is 18.0 Å². The average Bonchev–Trinajstić information content (AvgIpc) is 3.19. The quantitative estimate of drug-likeness (QED) is 0.569. The maximum atomic E-state index is 13.3. The van der Waals surface area contributed by atoms with Crippen LogP contribution in [0.2, 0.25) is 0 Å². The molecule has 0 fully saturated rings. The zero-order valence-corrected chi connectivity index (χ0v) is 17.6. The number of hydrogen-bond acceptors (Lipinski definition) is 7. The number of anilines is 1. The van der Waals surface area contributed by atoms with Crippen LogP contribution in [-0.2, 0) is 19.5 Å². The predicted molar refractivity (Wildman–Crippen MR) is 107 cm³/mol. The number of esters is 2. The predicted octanol–water partition coefficient (Wildman–Crippen LogP) is 3.71. The van der Waals surface area contributed by atoms with Crippen molar-refractivity contribution in [3.8, 4) is 0 Å². The molecule has 1 aromatic carbocycles. The monoisotopic (exact) mass is 425 g/mol. The van der Waals surface area contributed by atoms with Crippen molar-refractivity contribution in [3.63, 3.8) is 0 Å². The van der Waals surface area contributed by atoms with Crippen LogP contribution in [0.1, 0.15) is 46.7 Å². The minimum Gasteiger partial charge on any atom is -0.465 e. The van der Waals surface area contributed by atoms with E-state index < -0.39 is 22.0 Å². The summed E-state index contributed by atoms with van der Waals surface area (Å²) in [5.41, 5.74) is 0.743. The van der Waals surface area contributed by atoms with E-state index in [1.165, 1.54) is 29.6 Å². The third-order valence-electron chi connectivity index (χ3n) is 3.95. The summed E-state index contributed by atoms with van der Waals surface area (Å²) in [6, 6.07) is 7.57. The molecule has 2 rings (SSSR count). The topological polar surface area (TPSA) is 90.0 Å². The van der Waals surface area contributed by atoms with Crippen molar-refractivity contribution in [3.05, 3.63) is 46.2 Å². The lowest BCUT2D eigenvalue weighted by molar-refractivity contribution is 0.0525. The van der Waals surface area contributed by atoms with Gasteiger partial charge in [0.15, 0.2) is 0 Å². The first kappa shape index (κ1) is 21.9. The smallest absolute Gasteiger partial charge is 0.349 e. The summed E-state index contributed by atoms with van der Waals surface area (Å²) in [5, 5.41) is 1.54. The van der Waals surface area contributed by atoms with Gasteiger partial charge in [-0.15, -0.1) is 11.3 Å². The van der Waals surface area contributed by atoms with Gasteiger partial charge in [-0.05, 0) is 49.1 Å². The fraction of sp³-hybridized carbons (Fsp3) is 0.368. The highest BCUT2D eigenvalue weighted by Crippen LogP contribution is 2.30. The van der Waals surface area contributed by atoms with E-state index in [9.17, 15) is 18.0 Å². The summed E-state index contributed by atoms with van der Waals surface area (Å²) < 4.78 is 37.5. The van der Waals surface area contributed by atoms with Crippen molar-refractivity contribution in [2.45, 2.75) is 31.6 Å². The van der Waals surface area contributed by atoms with E-state index in [0.29, 0.717) is 17.7 Å². The van der Waals surface area contributed by atoms with Crippen LogP contribution in [0.25, 0.3) is 0 Å². The fourth-order valence-electron chi connectivity index (χ4n) is 2.53. The second-order valence-corrected chi connectivity index (χ2v) is 8.55. The summed E-state index contributed by atoms with van der Waals surface area (Å²) in [6.07, 6.45) is 1.43. The van der Waals surface area contributed by atoms with Gasteiger partial charge in [0.25, 0.3) is 10.0 Å². The van der Waals surface area contributed by atoms with Crippen LogP contribution < -0.4 is 4.31 Å². The number of hydrogen-bond donors (Lipinski definition) is 0. The zero-order valence-electron chi connectivity index (χ0n) is 16.0. The number of carbonyl (C=O) groups is 2. The van der Waals surface area contributed by atoms with Crippen molar-refractivity contribution in [2.75, 3.05) is 24.6 Å². The lowest BCUT2D eigenvalue weighted by Crippen LogP contribution is -2.32. The third kappa shape index (κ3) is 4.71. The van der Waals surface area contributed by atoms with Crippen LogP contribution in [0.5, 0.6) is 0 Å². The molecule has 0 saturated carbocycles. The Morgan fingerprint density at radius 1 is 1.07 bits per heavy atom. The molecule has 1 heterocycles. The normalized spacial score (nSPS) is 11.1. The van der Waals surface area contributed by atoms with Gasteiger partial charge in [0.2, 0.25) is 0 Å². The van der Waals surface area contributed by atoms with Crippen molar-refractivity contribution in [1.82, 2.24) is 0 Å². The van der Waals surface area contributed by atoms with Crippen LogP contribution in [0, 0.1) is 0 Å². The number of unbranched alkanes of at least 4 members (excludes halogenated alkanes) is 1. The Morgan fingerprint density at radius 3 is 2.32 bits per heavy atom. The van der Waals surface area contributed by atoms with Gasteiger partial charge in [-0.3, -0.25) is 4.31 Å². The zero-order chi connectivity index (χ0) is 20.7. The van der Waals surface area contributed by atoms with E-state index in [-0.39, 0.29) is 22.9 Å². The number of carbonyl (C=O) groups excluding carboxylic acids is 2. The van der Waals surface area contributed by atoms with Crippen LogP contribution in [0.15, 0.2) is 40.6 Å². The van der Waals surface area contributed by atoms with Crippen molar-refractivity contribution >= 4 is 39.0 Å². The molecule has 0 aliphatic heterocycles. The first-order valence-electron chi connectivity index (χ1n) is 8.82. The molecule has 152 valence electrons. The molecule has 0 spiro atoms. The second-order valence-electron chi connectivity index (χ2n) is 5.80. The standard InChI is InChI=1S/C19H23NO6S2/c1-4-6-12-20(15-9-7-14(8-10-15)18(21)26-5-2)28(23,24)16-11-13-27-17(16)19(22)25-3/h7-11,13H,4-6,12H2,1-3H3. The van der Waals surface area contributed by atoms with Crippen LogP contribution in [-0.4, -0.2) is 40.6 Å². The van der Waals surface area contributed by atoms with Crippen LogP contribution >= 0.6 is 11.3 Å². The molecule has 7 nitrogen and oxygen atoms in total. The minimum absolute atomic E-state index is 0.0344. The first-order valence-corrected chi connectivity index (χ1v) is 11.1. The minimum atomic E-state index is -3.99. The van der Waals surface area contributed by atoms with E-state index in [0.717, 1.165) is 17.8 Å². The van der Waals surface area contributed by atoms with E-state index in [1.54, 1.807) is 24.4 Å². The van der Waals surface area contributed by atoms with Crippen molar-refractivity contribution in [2.24, 2.45) is 0 Å². The molecule has 0 aliphatic rings. The van der Waals surface area contributed by atoms with Crippen molar-refractivity contribution in [1.29, 1.82) is 0 Å². The number of nitrogens with zero attached hydrogens (tertiary/aromatic N) is 1. The van der Waals surface area contributed by atoms with Gasteiger partial charge in [-0.1, -0.05) is 13.3 Å². The Balaban J connectivity index is 2.44. The number of methoxy groups -OCH3 is 1. The molecule has 1 aromatic heterocycles. The molecular formula is C19H23NO6S2. The number of ether oxygens (including phenoxy) is 2. The Labute approximate surface area is 168 Å². The van der Waals surface area contributed by atoms with E-state index >= 15 is 0 Å². The lowest BCUT2D eigenvalue weighted by atomic mass is 10.2. The summed E-state index contributed by atoms with van der Waals surface area (Å²) in [6.45, 7) is 4.17. The molecule has 0 amide bonds. The van der Waals surface area contributed by atoms with Crippen LogP contribution in [0.3, 0.4) is 0 Å². The molecule has 0 unspecified atom stereocenters. The molecular weight excluding hydrogens is 402 g/mol. The molecule has 2 aromatic rings. The van der Waals surface area contributed by atoms with E-state index in [1.807, 2.05) is 6.92 Å². The Bertz CT molecular complexity index is 918. The van der Waals surface area contributed by atoms with Gasteiger partial charge in [0.05, 0.1) is 25.0 Å². The number of thiophene rings is 1. The van der Waals surface area contributed by atoms with E-state index in [4.69, 9.17) is 9.47 Å². The van der Waals surface area contributed by atoms with Gasteiger partial charge < -0.3 is 9.47 Å². The molecule has 0 aliphatic carbocycles. The average molecular weight is 426 g/mol. The number of sulfonamides is 1. The molecule has 0 radical (unpaired) electrons. The highest BCUT2D eigenvalue weighted by molar-refractivity contribution is 7.93. The Morgan fingerprint density at radius 2 is 1.75 bits per heavy atom. The summed E-state index contributed by atoms with van der Waals surface area (Å²) in [5.74, 6) is -1.16. The maximum absolute atomic E-state index is 13.3. The van der Waals surface area contributed by atoms with E-state index in [2.05, 4.69) is 0 Å². The summed E-state index contributed by atoms with van der Waals surface area (Å²) in [7, 11) is -2.78. The molecule has 0 atom stereocenters. The first-order chi connectivity index (χ1) is 13.4. The maximum Gasteiger partial charge on any atom is 0.349 e. The lowest BCUT2D eigenvalue weighted by Gasteiger charge is -2.24. The fourth-order valence-corrected chi connectivity index (χ4v) is 5.34. The van der Waals surface area contributed by atoms with Gasteiger partial charge >= 0.3 is 11.9 Å². The molecule has 0 N–H and O–H groups in total. The highest BCUT2D eigenvalue weighted by Gasteiger charge is 2.30. The Hall–Kier alpha value is -2.39. The summed E-state index contributed by atoms with van der Waals surface area (Å²) >= 11 is 1.02. The van der Waals surface area contributed by atoms with Crippen molar-refractivity contribution < 1.29 is 27.5 Å². The second kappa shape index (κ2) is 9.70. The number of rotatable bonds is 9. The summed E-state index contributed by atoms with van der Waals surface area (Å²) in [4.78, 5) is 23.7. The Kier molecular flexibility index (Phi) is 7.59. The highest BCUT2D eigenvalue weighted by atomic mass is 32.2. The number of benzene rings is 1. The van der Waals surface area contributed by atoms with Gasteiger partial charge in [0, 0.05) is 6.54 Å². The SMILES string of the molecule is CCCCN(c1ccc(C(=O)OCC)cc1)S(=O)(=O)c1ccsc1C(=O)OC. The molecule has 0 bridgehead atoms. The molecule has 9 heteroatoms.